The number of carbonyl (C=O) groups is 3. The van der Waals surface area contributed by atoms with E-state index in [9.17, 15) is 14.4 Å². The van der Waals surface area contributed by atoms with Gasteiger partial charge in [0.1, 0.15) is 0 Å². The number of hydrogen-bond acceptors (Lipinski definition) is 4. The SMILES string of the molecule is C[C@@]12C=C[C@@H](O1)[C@H]1C(=O)N(c3ccc(Cl)cc3C(=O)c3ccccc3)C(=O)[C@@H]12. The number of amides is 2. The second kappa shape index (κ2) is 5.87. The topological polar surface area (TPSA) is 63.7 Å². The first kappa shape index (κ1) is 17.3. The number of halogens is 1. The standard InChI is InChI=1S/C22H16ClNO4/c1-22-10-9-16(28-22)17-18(22)21(27)24(20(17)26)15-8-7-13(23)11-14(15)19(25)12-5-3-2-4-6-12/h2-11,16-18H,1H3/t16-,17-,18-,22+/m1/s1. The highest BCUT2D eigenvalue weighted by atomic mass is 35.5. The van der Waals surface area contributed by atoms with Crippen LogP contribution in [0.1, 0.15) is 22.8 Å². The van der Waals surface area contributed by atoms with Gasteiger partial charge in [0.05, 0.1) is 29.2 Å². The van der Waals surface area contributed by atoms with Crippen LogP contribution in [0, 0.1) is 11.8 Å². The molecule has 3 aliphatic rings. The molecule has 0 aliphatic carbocycles. The summed E-state index contributed by atoms with van der Waals surface area (Å²) in [6.07, 6.45) is 3.29. The van der Waals surface area contributed by atoms with Crippen molar-refractivity contribution in [3.63, 3.8) is 0 Å². The van der Waals surface area contributed by atoms with Crippen LogP contribution in [0.5, 0.6) is 0 Å². The predicted octanol–water partition coefficient (Wildman–Crippen LogP) is 3.40. The molecule has 3 heterocycles. The van der Waals surface area contributed by atoms with Crippen molar-refractivity contribution in [1.29, 1.82) is 0 Å². The maximum Gasteiger partial charge on any atom is 0.241 e. The lowest BCUT2D eigenvalue weighted by Crippen LogP contribution is -2.39. The molecule has 2 bridgehead atoms. The van der Waals surface area contributed by atoms with Gasteiger partial charge in [0.25, 0.3) is 0 Å². The molecule has 0 saturated carbocycles. The number of imide groups is 1. The highest BCUT2D eigenvalue weighted by Crippen LogP contribution is 2.52. The van der Waals surface area contributed by atoms with E-state index in [2.05, 4.69) is 0 Å². The highest BCUT2D eigenvalue weighted by molar-refractivity contribution is 6.32. The Hall–Kier alpha value is -2.76. The lowest BCUT2D eigenvalue weighted by Gasteiger charge is -2.25. The summed E-state index contributed by atoms with van der Waals surface area (Å²) >= 11 is 6.13. The zero-order valence-electron chi connectivity index (χ0n) is 15.0. The van der Waals surface area contributed by atoms with E-state index < -0.39 is 23.5 Å². The summed E-state index contributed by atoms with van der Waals surface area (Å²) in [5.41, 5.74) is 0.173. The summed E-state index contributed by atoms with van der Waals surface area (Å²) in [4.78, 5) is 40.6. The Bertz CT molecular complexity index is 1060. The smallest absolute Gasteiger partial charge is 0.241 e. The van der Waals surface area contributed by atoms with E-state index in [1.165, 1.54) is 6.07 Å². The third kappa shape index (κ3) is 2.26. The molecular weight excluding hydrogens is 378 g/mol. The van der Waals surface area contributed by atoms with Gasteiger partial charge in [-0.3, -0.25) is 14.4 Å². The number of ether oxygens (including phenoxy) is 1. The molecule has 0 spiro atoms. The zero-order valence-corrected chi connectivity index (χ0v) is 15.7. The second-order valence-corrected chi connectivity index (χ2v) is 7.93. The van der Waals surface area contributed by atoms with Gasteiger partial charge in [-0.05, 0) is 25.1 Å². The van der Waals surface area contributed by atoms with Gasteiger partial charge in [-0.2, -0.15) is 0 Å². The van der Waals surface area contributed by atoms with E-state index >= 15 is 0 Å². The fraction of sp³-hybridized carbons (Fsp3) is 0.227. The van der Waals surface area contributed by atoms with Gasteiger partial charge in [-0.1, -0.05) is 54.1 Å². The molecule has 140 valence electrons. The fourth-order valence-corrected chi connectivity index (χ4v) is 4.69. The van der Waals surface area contributed by atoms with Gasteiger partial charge in [0.2, 0.25) is 11.8 Å². The van der Waals surface area contributed by atoms with E-state index in [1.54, 1.807) is 36.4 Å². The highest BCUT2D eigenvalue weighted by Gasteiger charge is 2.66. The molecule has 28 heavy (non-hydrogen) atoms. The summed E-state index contributed by atoms with van der Waals surface area (Å²) in [5.74, 6) is -2.10. The maximum absolute atomic E-state index is 13.2. The van der Waals surface area contributed by atoms with E-state index in [-0.39, 0.29) is 28.8 Å². The van der Waals surface area contributed by atoms with Crippen molar-refractivity contribution in [2.45, 2.75) is 18.6 Å². The number of nitrogens with zero attached hydrogens (tertiary/aromatic N) is 1. The average molecular weight is 394 g/mol. The van der Waals surface area contributed by atoms with E-state index in [4.69, 9.17) is 16.3 Å². The van der Waals surface area contributed by atoms with E-state index in [0.29, 0.717) is 10.6 Å². The molecule has 0 N–H and O–H groups in total. The van der Waals surface area contributed by atoms with Gasteiger partial charge >= 0.3 is 0 Å². The van der Waals surface area contributed by atoms with Crippen LogP contribution in [0.15, 0.2) is 60.7 Å². The lowest BCUT2D eigenvalue weighted by molar-refractivity contribution is -0.126. The number of benzene rings is 2. The predicted molar refractivity (Wildman–Crippen MR) is 103 cm³/mol. The Kier molecular flexibility index (Phi) is 3.63. The molecule has 0 aromatic heterocycles. The minimum absolute atomic E-state index is 0.228. The second-order valence-electron chi connectivity index (χ2n) is 7.50. The summed E-state index contributed by atoms with van der Waals surface area (Å²) in [7, 11) is 0. The van der Waals surface area contributed by atoms with Crippen molar-refractivity contribution in [2.24, 2.45) is 11.8 Å². The summed E-state index contributed by atoms with van der Waals surface area (Å²) in [6, 6.07) is 13.4. The molecular formula is C22H16ClNO4. The van der Waals surface area contributed by atoms with Crippen molar-refractivity contribution >= 4 is 34.9 Å². The zero-order chi connectivity index (χ0) is 19.6. The van der Waals surface area contributed by atoms with Crippen molar-refractivity contribution in [3.05, 3.63) is 76.8 Å². The van der Waals surface area contributed by atoms with Crippen LogP contribution in [0.4, 0.5) is 5.69 Å². The molecule has 2 amide bonds. The molecule has 2 aromatic rings. The molecule has 6 heteroatoms. The van der Waals surface area contributed by atoms with Gasteiger partial charge < -0.3 is 4.74 Å². The molecule has 0 unspecified atom stereocenters. The summed E-state index contributed by atoms with van der Waals surface area (Å²) in [5, 5.41) is 0.361. The quantitative estimate of drug-likeness (QED) is 0.455. The Morgan fingerprint density at radius 1 is 1.11 bits per heavy atom. The largest absolute Gasteiger partial charge is 0.362 e. The first-order valence-corrected chi connectivity index (χ1v) is 9.43. The molecule has 3 aliphatic heterocycles. The summed E-state index contributed by atoms with van der Waals surface area (Å²) < 4.78 is 5.85. The third-order valence-corrected chi connectivity index (χ3v) is 6.04. The van der Waals surface area contributed by atoms with Crippen LogP contribution >= 0.6 is 11.6 Å². The summed E-state index contributed by atoms with van der Waals surface area (Å²) in [6.45, 7) is 1.82. The third-order valence-electron chi connectivity index (χ3n) is 5.81. The first-order chi connectivity index (χ1) is 13.4. The Labute approximate surface area is 166 Å². The van der Waals surface area contributed by atoms with Crippen LogP contribution in [0.3, 0.4) is 0 Å². The fourth-order valence-electron chi connectivity index (χ4n) is 4.52. The lowest BCUT2D eigenvalue weighted by atomic mass is 9.78. The number of ketones is 1. The number of anilines is 1. The minimum Gasteiger partial charge on any atom is -0.362 e. The number of hydrogen-bond donors (Lipinski definition) is 0. The van der Waals surface area contributed by atoms with Crippen LogP contribution in [-0.2, 0) is 14.3 Å². The number of carbonyl (C=O) groups excluding carboxylic acids is 3. The van der Waals surface area contributed by atoms with Crippen LogP contribution in [0.2, 0.25) is 5.02 Å². The number of fused-ring (bicyclic) bond motifs is 5. The molecule has 2 aromatic carbocycles. The van der Waals surface area contributed by atoms with Crippen molar-refractivity contribution in [1.82, 2.24) is 0 Å². The molecule has 5 rings (SSSR count). The number of rotatable bonds is 3. The van der Waals surface area contributed by atoms with Gasteiger partial charge in [0.15, 0.2) is 5.78 Å². The van der Waals surface area contributed by atoms with Crippen LogP contribution in [0.25, 0.3) is 0 Å². The molecule has 2 saturated heterocycles. The maximum atomic E-state index is 13.2. The molecule has 2 fully saturated rings. The van der Waals surface area contributed by atoms with Crippen LogP contribution in [-0.4, -0.2) is 29.3 Å². The van der Waals surface area contributed by atoms with E-state index in [0.717, 1.165) is 4.90 Å². The Morgan fingerprint density at radius 3 is 2.57 bits per heavy atom. The first-order valence-electron chi connectivity index (χ1n) is 9.05. The van der Waals surface area contributed by atoms with Crippen molar-refractivity contribution in [2.75, 3.05) is 4.90 Å². The molecule has 5 nitrogen and oxygen atoms in total. The van der Waals surface area contributed by atoms with Crippen molar-refractivity contribution < 1.29 is 19.1 Å². The average Bonchev–Trinajstić information content (AvgIpc) is 3.31. The molecule has 0 radical (unpaired) electrons. The Morgan fingerprint density at radius 2 is 1.86 bits per heavy atom. The monoisotopic (exact) mass is 393 g/mol. The van der Waals surface area contributed by atoms with Crippen molar-refractivity contribution in [3.8, 4) is 0 Å². The van der Waals surface area contributed by atoms with Gasteiger partial charge in [-0.25, -0.2) is 4.90 Å². The van der Waals surface area contributed by atoms with Gasteiger partial charge in [-0.15, -0.1) is 0 Å². The molecule has 4 atom stereocenters. The van der Waals surface area contributed by atoms with E-state index in [1.807, 2.05) is 25.1 Å². The minimum atomic E-state index is -0.785. The van der Waals surface area contributed by atoms with Crippen LogP contribution < -0.4 is 4.90 Å². The Balaban J connectivity index is 1.61. The van der Waals surface area contributed by atoms with Gasteiger partial charge in [0, 0.05) is 16.1 Å². The normalized spacial score (nSPS) is 30.2.